The number of hydrazine groups is 1. The van der Waals surface area contributed by atoms with Crippen LogP contribution in [0.4, 0.5) is 14.6 Å². The number of anilines is 1. The summed E-state index contributed by atoms with van der Waals surface area (Å²) in [6.45, 7) is 1.05. The van der Waals surface area contributed by atoms with E-state index in [4.69, 9.17) is 36.2 Å². The Balaban J connectivity index is 1.63. The molecule has 0 unspecified atom stereocenters. The first-order valence-corrected chi connectivity index (χ1v) is 15.2. The van der Waals surface area contributed by atoms with Gasteiger partial charge in [-0.15, -0.1) is 0 Å². The van der Waals surface area contributed by atoms with E-state index in [1.54, 1.807) is 44.2 Å². The topological polar surface area (TPSA) is 159 Å². The van der Waals surface area contributed by atoms with E-state index in [2.05, 4.69) is 20.0 Å². The van der Waals surface area contributed by atoms with E-state index in [1.807, 2.05) is 0 Å². The number of esters is 1. The van der Waals surface area contributed by atoms with Gasteiger partial charge < -0.3 is 23.6 Å². The SMILES string of the molecule is CCOC(=O)[C@@H](C)N[P@](=S)(OC[C@@]1(F)O[C@@H](n2cnc3c(N(C)N)nc(C)nc32)[C@](C)(F)[C@@H]1O)Oc1ccccc1. The lowest BCUT2D eigenvalue weighted by Crippen LogP contribution is -2.47. The largest absolute Gasteiger partial charge is 0.465 e. The molecule has 2 aromatic heterocycles. The molecule has 1 fully saturated rings. The monoisotopic (exact) mass is 615 g/mol. The molecule has 0 aliphatic carbocycles. The van der Waals surface area contributed by atoms with Gasteiger partial charge >= 0.3 is 12.6 Å². The quantitative estimate of drug-likeness (QED) is 0.125. The Morgan fingerprint density at radius 1 is 1.37 bits per heavy atom. The second-order valence-corrected chi connectivity index (χ2v) is 12.8. The molecule has 0 spiro atoms. The normalized spacial score (nSPS) is 26.5. The van der Waals surface area contributed by atoms with E-state index in [9.17, 15) is 9.90 Å². The second-order valence-electron chi connectivity index (χ2n) is 9.62. The highest BCUT2D eigenvalue weighted by Gasteiger charge is 2.65. The number of nitrogens with zero attached hydrogens (tertiary/aromatic N) is 5. The van der Waals surface area contributed by atoms with Crippen LogP contribution in [0, 0.1) is 6.92 Å². The Morgan fingerprint density at radius 2 is 2.05 bits per heavy atom. The van der Waals surface area contributed by atoms with E-state index in [-0.39, 0.29) is 29.3 Å². The maximum absolute atomic E-state index is 16.3. The first-order chi connectivity index (χ1) is 19.2. The third-order valence-electron chi connectivity index (χ3n) is 6.23. The van der Waals surface area contributed by atoms with Gasteiger partial charge in [-0.25, -0.2) is 34.7 Å². The van der Waals surface area contributed by atoms with Crippen LogP contribution in [0.1, 0.15) is 32.8 Å². The number of ether oxygens (including phenoxy) is 2. The van der Waals surface area contributed by atoms with Gasteiger partial charge in [0.25, 0.3) is 5.85 Å². The van der Waals surface area contributed by atoms with Crippen molar-refractivity contribution in [3.63, 3.8) is 0 Å². The van der Waals surface area contributed by atoms with Crippen LogP contribution in [0.15, 0.2) is 36.7 Å². The van der Waals surface area contributed by atoms with Crippen LogP contribution < -0.4 is 20.5 Å². The highest BCUT2D eigenvalue weighted by molar-refractivity contribution is 8.09. The number of fused-ring (bicyclic) bond motifs is 1. The van der Waals surface area contributed by atoms with Crippen LogP contribution in [0.5, 0.6) is 5.75 Å². The number of aromatic nitrogens is 4. The van der Waals surface area contributed by atoms with E-state index < -0.39 is 49.1 Å². The number of hydrogen-bond donors (Lipinski definition) is 3. The predicted octanol–water partition coefficient (Wildman–Crippen LogP) is 2.59. The molecule has 3 heterocycles. The number of halogens is 2. The third-order valence-corrected chi connectivity index (χ3v) is 8.71. The lowest BCUT2D eigenvalue weighted by Gasteiger charge is -2.30. The number of nitrogens with one attached hydrogen (secondary N) is 1. The zero-order chi connectivity index (χ0) is 30.2. The number of hydrogen-bond acceptors (Lipinski definition) is 12. The average molecular weight is 616 g/mol. The summed E-state index contributed by atoms with van der Waals surface area (Å²) in [6.07, 6.45) is -2.86. The number of carbonyl (C=O) groups excluding carboxylic acids is 1. The van der Waals surface area contributed by atoms with E-state index in [1.165, 1.54) is 25.3 Å². The standard InChI is InChI=1S/C24H32F2N7O6PS/c1-6-36-20(34)14(2)31-40(41,39-16-10-8-7-9-11-16)37-12-24(26)21(35)23(4,25)22(38-24)33-13-28-17-18(32(5)27)29-15(3)30-19(17)33/h7-11,13-14,21-22,35H,6,12,27H2,1-5H3,(H,31,41)/t14-,21+,22-,23-,24-,40+/m1/s1. The molecule has 0 saturated carbocycles. The highest BCUT2D eigenvalue weighted by Crippen LogP contribution is 2.52. The fraction of sp³-hybridized carbons (Fsp3) is 0.500. The smallest absolute Gasteiger partial charge is 0.323 e. The van der Waals surface area contributed by atoms with Crippen LogP contribution in [0.3, 0.4) is 0 Å². The summed E-state index contributed by atoms with van der Waals surface area (Å²) in [7, 11) is 1.54. The van der Waals surface area contributed by atoms with E-state index in [0.29, 0.717) is 5.82 Å². The molecule has 1 aromatic carbocycles. The molecule has 4 rings (SSSR count). The van der Waals surface area contributed by atoms with Crippen molar-refractivity contribution in [2.75, 3.05) is 25.3 Å². The number of imidazole rings is 1. The van der Waals surface area contributed by atoms with Crippen LogP contribution in [-0.2, 0) is 30.6 Å². The number of rotatable bonds is 11. The summed E-state index contributed by atoms with van der Waals surface area (Å²) >= 11 is 5.57. The minimum atomic E-state index is -3.71. The van der Waals surface area contributed by atoms with Crippen LogP contribution >= 0.6 is 6.64 Å². The Hall–Kier alpha value is -2.85. The fourth-order valence-corrected chi connectivity index (χ4v) is 6.62. The van der Waals surface area contributed by atoms with Crippen molar-refractivity contribution in [1.29, 1.82) is 0 Å². The van der Waals surface area contributed by atoms with Crippen molar-refractivity contribution in [2.45, 2.75) is 57.6 Å². The lowest BCUT2D eigenvalue weighted by molar-refractivity contribution is -0.202. The number of alkyl halides is 2. The molecule has 1 aliphatic heterocycles. The van der Waals surface area contributed by atoms with Gasteiger partial charge in [0.2, 0.25) is 0 Å². The van der Waals surface area contributed by atoms with Crippen molar-refractivity contribution in [1.82, 2.24) is 24.6 Å². The van der Waals surface area contributed by atoms with Crippen LogP contribution in [0.25, 0.3) is 11.2 Å². The molecule has 6 atom stereocenters. The zero-order valence-electron chi connectivity index (χ0n) is 23.0. The molecule has 1 aliphatic rings. The number of para-hydroxylation sites is 1. The number of aliphatic hydroxyl groups excluding tert-OH is 1. The molecule has 224 valence electrons. The summed E-state index contributed by atoms with van der Waals surface area (Å²) in [5, 5.41) is 14.8. The van der Waals surface area contributed by atoms with Crippen molar-refractivity contribution in [3.05, 3.63) is 42.5 Å². The van der Waals surface area contributed by atoms with Gasteiger partial charge in [-0.3, -0.25) is 14.4 Å². The molecule has 4 N–H and O–H groups in total. The molecule has 17 heteroatoms. The summed E-state index contributed by atoms with van der Waals surface area (Å²) < 4.78 is 55.5. The zero-order valence-corrected chi connectivity index (χ0v) is 24.7. The van der Waals surface area contributed by atoms with Crippen LogP contribution in [0.2, 0.25) is 0 Å². The van der Waals surface area contributed by atoms with Crippen molar-refractivity contribution < 1.29 is 37.2 Å². The maximum atomic E-state index is 16.3. The molecule has 13 nitrogen and oxygen atoms in total. The number of carbonyl (C=O) groups is 1. The molecule has 0 bridgehead atoms. The number of benzene rings is 1. The third kappa shape index (κ3) is 6.33. The minimum Gasteiger partial charge on any atom is -0.465 e. The first-order valence-electron chi connectivity index (χ1n) is 12.6. The average Bonchev–Trinajstić information content (AvgIpc) is 3.40. The second kappa shape index (κ2) is 11.8. The Labute approximate surface area is 240 Å². The van der Waals surface area contributed by atoms with Crippen molar-refractivity contribution >= 4 is 41.4 Å². The molecular weight excluding hydrogens is 583 g/mol. The van der Waals surface area contributed by atoms with Gasteiger partial charge in [0.05, 0.1) is 12.9 Å². The minimum absolute atomic E-state index is 0.110. The molecular formula is C24H32F2N7O6PS. The van der Waals surface area contributed by atoms with Gasteiger partial charge in [0.15, 0.2) is 35.0 Å². The maximum Gasteiger partial charge on any atom is 0.323 e. The van der Waals surface area contributed by atoms with Gasteiger partial charge in [-0.2, -0.15) is 0 Å². The van der Waals surface area contributed by atoms with E-state index in [0.717, 1.165) is 11.5 Å². The molecule has 0 radical (unpaired) electrons. The van der Waals surface area contributed by atoms with Gasteiger partial charge in [0, 0.05) is 7.05 Å². The lowest BCUT2D eigenvalue weighted by atomic mass is 9.97. The summed E-state index contributed by atoms with van der Waals surface area (Å²) in [5.41, 5.74) is -2.36. The molecule has 1 saturated heterocycles. The molecule has 41 heavy (non-hydrogen) atoms. The first kappa shape index (κ1) is 31.1. The number of aliphatic hydroxyl groups is 1. The Morgan fingerprint density at radius 3 is 2.68 bits per heavy atom. The van der Waals surface area contributed by atoms with Crippen LogP contribution in [-0.4, -0.2) is 74.5 Å². The Kier molecular flexibility index (Phi) is 8.95. The Bertz CT molecular complexity index is 1450. The number of aryl methyl sites for hydroxylation is 1. The summed E-state index contributed by atoms with van der Waals surface area (Å²) in [6, 6.07) is 7.28. The van der Waals surface area contributed by atoms with Crippen molar-refractivity contribution in [2.24, 2.45) is 5.84 Å². The molecule has 0 amide bonds. The fourth-order valence-electron chi connectivity index (χ4n) is 4.23. The molecule has 3 aromatic rings. The highest BCUT2D eigenvalue weighted by atomic mass is 32.5. The number of nitrogens with two attached hydrogens (primary N) is 1. The van der Waals surface area contributed by atoms with E-state index >= 15 is 8.78 Å². The van der Waals surface area contributed by atoms with Crippen molar-refractivity contribution in [3.8, 4) is 5.75 Å². The summed E-state index contributed by atoms with van der Waals surface area (Å²) in [4.78, 5) is 25.0. The van der Waals surface area contributed by atoms with Gasteiger partial charge in [0.1, 0.15) is 24.2 Å². The predicted molar refractivity (Wildman–Crippen MR) is 149 cm³/mol. The summed E-state index contributed by atoms with van der Waals surface area (Å²) in [5.74, 6) is 2.93. The van der Waals surface area contributed by atoms with Gasteiger partial charge in [-0.05, 0) is 51.6 Å². The van der Waals surface area contributed by atoms with Gasteiger partial charge in [-0.1, -0.05) is 18.2 Å².